The van der Waals surface area contributed by atoms with E-state index in [1.807, 2.05) is 19.1 Å². The van der Waals surface area contributed by atoms with E-state index in [1.54, 1.807) is 7.11 Å². The fourth-order valence-corrected chi connectivity index (χ4v) is 1.69. The lowest BCUT2D eigenvalue weighted by Gasteiger charge is -2.06. The van der Waals surface area contributed by atoms with Gasteiger partial charge in [0.2, 0.25) is 0 Å². The number of nitrogens with two attached hydrogens (primary N) is 1. The van der Waals surface area contributed by atoms with Crippen LogP contribution in [0.2, 0.25) is 0 Å². The molecule has 1 rings (SSSR count). The highest BCUT2D eigenvalue weighted by atomic mass is 35.5. The molecule has 5 heteroatoms. The zero-order valence-electron chi connectivity index (χ0n) is 8.74. The van der Waals surface area contributed by atoms with E-state index in [-0.39, 0.29) is 17.6 Å². The van der Waals surface area contributed by atoms with Crippen molar-refractivity contribution in [3.8, 4) is 5.75 Å². The molecule has 0 spiro atoms. The summed E-state index contributed by atoms with van der Waals surface area (Å²) < 4.78 is 5.15. The average Bonchev–Trinajstić information content (AvgIpc) is 2.15. The Morgan fingerprint density at radius 1 is 1.53 bits per heavy atom. The van der Waals surface area contributed by atoms with Crippen molar-refractivity contribution in [1.29, 1.82) is 5.41 Å². The first kappa shape index (κ1) is 14.1. The largest absolute Gasteiger partial charge is 0.496 e. The van der Waals surface area contributed by atoms with Crippen LogP contribution < -0.4 is 10.5 Å². The zero-order chi connectivity index (χ0) is 10.6. The van der Waals surface area contributed by atoms with Crippen LogP contribution in [0.4, 0.5) is 0 Å². The second-order valence-corrected chi connectivity index (χ2v) is 3.97. The minimum Gasteiger partial charge on any atom is -0.496 e. The van der Waals surface area contributed by atoms with Crippen LogP contribution in [-0.4, -0.2) is 12.3 Å². The Kier molecular flexibility index (Phi) is 6.20. The highest BCUT2D eigenvalue weighted by Crippen LogP contribution is 2.21. The number of hydrogen-bond donors (Lipinski definition) is 2. The van der Waals surface area contributed by atoms with Crippen LogP contribution in [-0.2, 0) is 5.75 Å². The molecule has 0 heterocycles. The fraction of sp³-hybridized carbons (Fsp3) is 0.300. The number of methoxy groups -OCH3 is 1. The van der Waals surface area contributed by atoms with Gasteiger partial charge in [0.25, 0.3) is 0 Å². The van der Waals surface area contributed by atoms with Crippen molar-refractivity contribution in [3.63, 3.8) is 0 Å². The Morgan fingerprint density at radius 3 is 2.67 bits per heavy atom. The van der Waals surface area contributed by atoms with Gasteiger partial charge in [0.1, 0.15) is 5.75 Å². The summed E-state index contributed by atoms with van der Waals surface area (Å²) in [6, 6.07) is 5.97. The lowest BCUT2D eigenvalue weighted by Crippen LogP contribution is -2.03. The number of hydrogen-bond acceptors (Lipinski definition) is 3. The zero-order valence-corrected chi connectivity index (χ0v) is 10.4. The Balaban J connectivity index is 0.00000196. The molecule has 1 aromatic rings. The summed E-state index contributed by atoms with van der Waals surface area (Å²) in [6.45, 7) is 2.00. The van der Waals surface area contributed by atoms with Crippen molar-refractivity contribution in [2.24, 2.45) is 5.73 Å². The number of benzene rings is 1. The molecule has 0 atom stereocenters. The van der Waals surface area contributed by atoms with Crippen molar-refractivity contribution < 1.29 is 4.74 Å². The van der Waals surface area contributed by atoms with Crippen molar-refractivity contribution in [1.82, 2.24) is 0 Å². The van der Waals surface area contributed by atoms with Crippen molar-refractivity contribution in [3.05, 3.63) is 29.3 Å². The Morgan fingerprint density at radius 2 is 2.20 bits per heavy atom. The molecule has 3 nitrogen and oxygen atoms in total. The van der Waals surface area contributed by atoms with Gasteiger partial charge in [-0.3, -0.25) is 5.41 Å². The third-order valence-electron chi connectivity index (χ3n) is 1.85. The van der Waals surface area contributed by atoms with E-state index in [0.29, 0.717) is 0 Å². The second-order valence-electron chi connectivity index (χ2n) is 2.96. The molecular weight excluding hydrogens is 232 g/mol. The van der Waals surface area contributed by atoms with E-state index in [4.69, 9.17) is 15.9 Å². The molecule has 0 saturated carbocycles. The van der Waals surface area contributed by atoms with E-state index in [9.17, 15) is 0 Å². The standard InChI is InChI=1S/C10H14N2OS.ClH/c1-7-5-8(6-14-10(11)12)3-4-9(7)13-2;/h3-5H,6H2,1-2H3,(H3,11,12);1H. The molecule has 0 aliphatic heterocycles. The third-order valence-corrected chi connectivity index (χ3v) is 2.64. The summed E-state index contributed by atoms with van der Waals surface area (Å²) in [6.07, 6.45) is 0. The Labute approximate surface area is 100 Å². The van der Waals surface area contributed by atoms with Gasteiger partial charge in [-0.1, -0.05) is 23.9 Å². The molecule has 3 N–H and O–H groups in total. The van der Waals surface area contributed by atoms with Gasteiger partial charge in [0.15, 0.2) is 5.17 Å². The maximum absolute atomic E-state index is 7.09. The minimum atomic E-state index is 0. The van der Waals surface area contributed by atoms with Crippen LogP contribution >= 0.6 is 24.2 Å². The van der Waals surface area contributed by atoms with Crippen LogP contribution in [0.3, 0.4) is 0 Å². The van der Waals surface area contributed by atoms with Crippen LogP contribution in [0.25, 0.3) is 0 Å². The molecule has 0 saturated heterocycles. The first-order chi connectivity index (χ1) is 6.63. The molecule has 84 valence electrons. The predicted molar refractivity (Wildman–Crippen MR) is 68.2 cm³/mol. The lowest BCUT2D eigenvalue weighted by atomic mass is 10.1. The Hall–Kier alpha value is -0.870. The molecule has 0 bridgehead atoms. The number of amidine groups is 1. The van der Waals surface area contributed by atoms with Gasteiger partial charge in [-0.25, -0.2) is 0 Å². The van der Waals surface area contributed by atoms with Crippen molar-refractivity contribution in [2.75, 3.05) is 7.11 Å². The topological polar surface area (TPSA) is 59.1 Å². The summed E-state index contributed by atoms with van der Waals surface area (Å²) in [4.78, 5) is 0. The van der Waals surface area contributed by atoms with E-state index in [0.717, 1.165) is 22.6 Å². The summed E-state index contributed by atoms with van der Waals surface area (Å²) in [5.41, 5.74) is 7.52. The van der Waals surface area contributed by atoms with E-state index in [1.165, 1.54) is 11.8 Å². The summed E-state index contributed by atoms with van der Waals surface area (Å²) in [5, 5.41) is 7.24. The molecule has 1 aromatic carbocycles. The van der Waals surface area contributed by atoms with Crippen LogP contribution in [0, 0.1) is 12.3 Å². The number of halogens is 1. The smallest absolute Gasteiger partial charge is 0.151 e. The van der Waals surface area contributed by atoms with Crippen LogP contribution in [0.1, 0.15) is 11.1 Å². The summed E-state index contributed by atoms with van der Waals surface area (Å²) in [5.74, 6) is 1.63. The van der Waals surface area contributed by atoms with Crippen LogP contribution in [0.5, 0.6) is 5.75 Å². The summed E-state index contributed by atoms with van der Waals surface area (Å²) in [7, 11) is 1.66. The highest BCUT2D eigenvalue weighted by molar-refractivity contribution is 8.13. The molecule has 0 fully saturated rings. The lowest BCUT2D eigenvalue weighted by molar-refractivity contribution is 0.411. The van der Waals surface area contributed by atoms with Gasteiger partial charge in [-0.15, -0.1) is 12.4 Å². The van der Waals surface area contributed by atoms with Gasteiger partial charge in [-0.05, 0) is 24.1 Å². The van der Waals surface area contributed by atoms with E-state index >= 15 is 0 Å². The normalized spacial score (nSPS) is 9.20. The number of nitrogens with one attached hydrogen (secondary N) is 1. The second kappa shape index (κ2) is 6.58. The summed E-state index contributed by atoms with van der Waals surface area (Å²) >= 11 is 1.33. The molecular formula is C10H15ClN2OS. The number of rotatable bonds is 3. The number of thioether (sulfide) groups is 1. The fourth-order valence-electron chi connectivity index (χ4n) is 1.19. The Bertz CT molecular complexity index is 344. The molecule has 0 radical (unpaired) electrons. The van der Waals surface area contributed by atoms with Gasteiger partial charge in [-0.2, -0.15) is 0 Å². The molecule has 0 aliphatic carbocycles. The number of aryl methyl sites for hydroxylation is 1. The van der Waals surface area contributed by atoms with Crippen LogP contribution in [0.15, 0.2) is 18.2 Å². The SMILES string of the molecule is COc1ccc(CSC(=N)N)cc1C.Cl. The maximum Gasteiger partial charge on any atom is 0.151 e. The van der Waals surface area contributed by atoms with Gasteiger partial charge < -0.3 is 10.5 Å². The van der Waals surface area contributed by atoms with Gasteiger partial charge in [0, 0.05) is 5.75 Å². The van der Waals surface area contributed by atoms with E-state index in [2.05, 4.69) is 6.07 Å². The first-order valence-electron chi connectivity index (χ1n) is 4.24. The average molecular weight is 247 g/mol. The molecule has 0 unspecified atom stereocenters. The minimum absolute atomic E-state index is 0. The van der Waals surface area contributed by atoms with Crippen molar-refractivity contribution >= 4 is 29.3 Å². The van der Waals surface area contributed by atoms with E-state index < -0.39 is 0 Å². The molecule has 15 heavy (non-hydrogen) atoms. The maximum atomic E-state index is 7.09. The first-order valence-corrected chi connectivity index (χ1v) is 5.22. The van der Waals surface area contributed by atoms with Crippen molar-refractivity contribution in [2.45, 2.75) is 12.7 Å². The molecule has 0 aliphatic rings. The van der Waals surface area contributed by atoms with Gasteiger partial charge >= 0.3 is 0 Å². The molecule has 0 amide bonds. The van der Waals surface area contributed by atoms with Gasteiger partial charge in [0.05, 0.1) is 7.11 Å². The monoisotopic (exact) mass is 246 g/mol. The highest BCUT2D eigenvalue weighted by Gasteiger charge is 2.00. The predicted octanol–water partition coefficient (Wildman–Crippen LogP) is 2.55. The number of ether oxygens (including phenoxy) is 1. The quantitative estimate of drug-likeness (QED) is 0.637. The molecule has 0 aromatic heterocycles. The third kappa shape index (κ3) is 4.44.